The topological polar surface area (TPSA) is 66.4 Å². The van der Waals surface area contributed by atoms with Gasteiger partial charge < -0.3 is 15.0 Å². The molecule has 0 saturated carbocycles. The van der Waals surface area contributed by atoms with Gasteiger partial charge in [0.05, 0.1) is 12.5 Å². The summed E-state index contributed by atoms with van der Waals surface area (Å²) >= 11 is 5.71. The van der Waals surface area contributed by atoms with Gasteiger partial charge in [-0.05, 0) is 25.8 Å². The Morgan fingerprint density at radius 2 is 2.03 bits per heavy atom. The van der Waals surface area contributed by atoms with Crippen molar-refractivity contribution in [1.82, 2.24) is 25.2 Å². The summed E-state index contributed by atoms with van der Waals surface area (Å²) in [7, 11) is 1.45. The van der Waals surface area contributed by atoms with E-state index < -0.39 is 12.0 Å². The first-order valence-corrected chi connectivity index (χ1v) is 10.3. The Kier molecular flexibility index (Phi) is 6.26. The molecule has 0 aromatic carbocycles. The standard InChI is InChI=1S/C12H13ClFN5O.C7H12FN/c1-20-12-17-9-7(6-16-10(13)8(9)14)11(18-12)19-4-2-15-3-5-19;8-6-4-7-2-1-3-9(7)5-6/h6,15H,2-5H2,1H3;6-7H,1-5H2. The number of ether oxygens (including phenoxy) is 1. The second-order valence-electron chi connectivity index (χ2n) is 7.52. The molecule has 29 heavy (non-hydrogen) atoms. The first kappa shape index (κ1) is 20.4. The largest absolute Gasteiger partial charge is 0.467 e. The van der Waals surface area contributed by atoms with E-state index in [1.807, 2.05) is 0 Å². The third-order valence-corrected chi connectivity index (χ3v) is 5.92. The third-order valence-electron chi connectivity index (χ3n) is 5.66. The van der Waals surface area contributed by atoms with Gasteiger partial charge in [0.2, 0.25) is 0 Å². The van der Waals surface area contributed by atoms with E-state index in [-0.39, 0.29) is 16.7 Å². The molecule has 0 spiro atoms. The highest BCUT2D eigenvalue weighted by atomic mass is 35.5. The summed E-state index contributed by atoms with van der Waals surface area (Å²) in [5.41, 5.74) is 0.130. The number of hydrogen-bond acceptors (Lipinski definition) is 7. The van der Waals surface area contributed by atoms with Crippen molar-refractivity contribution < 1.29 is 13.5 Å². The van der Waals surface area contributed by atoms with Crippen molar-refractivity contribution in [2.45, 2.75) is 31.5 Å². The number of hydrogen-bond donors (Lipinski definition) is 1. The summed E-state index contributed by atoms with van der Waals surface area (Å²) in [6.45, 7) is 5.10. The highest BCUT2D eigenvalue weighted by Crippen LogP contribution is 2.30. The Bertz CT molecular complexity index is 854. The second-order valence-corrected chi connectivity index (χ2v) is 7.88. The normalized spacial score (nSPS) is 24.3. The van der Waals surface area contributed by atoms with E-state index in [0.717, 1.165) is 39.1 Å². The van der Waals surface area contributed by atoms with E-state index in [0.29, 0.717) is 23.8 Å². The van der Waals surface area contributed by atoms with Gasteiger partial charge in [-0.2, -0.15) is 9.97 Å². The van der Waals surface area contributed by atoms with Gasteiger partial charge in [-0.25, -0.2) is 13.8 Å². The van der Waals surface area contributed by atoms with Gasteiger partial charge in [0.1, 0.15) is 17.5 Å². The van der Waals surface area contributed by atoms with Crippen LogP contribution in [0.3, 0.4) is 0 Å². The second kappa shape index (κ2) is 8.89. The Morgan fingerprint density at radius 1 is 1.24 bits per heavy atom. The average Bonchev–Trinajstić information content (AvgIpc) is 3.32. The minimum absolute atomic E-state index is 0.118. The van der Waals surface area contributed by atoms with Crippen LogP contribution in [0.2, 0.25) is 5.15 Å². The molecule has 3 fully saturated rings. The lowest BCUT2D eigenvalue weighted by Crippen LogP contribution is -2.44. The SMILES string of the molecule is COc1nc(N2CCNCC2)c2cnc(Cl)c(F)c2n1.FC1CC2CCCN2C1. The van der Waals surface area contributed by atoms with Crippen LogP contribution in [0.5, 0.6) is 6.01 Å². The molecule has 2 aromatic heterocycles. The number of aromatic nitrogens is 3. The molecule has 2 aromatic rings. The average molecular weight is 427 g/mol. The Hall–Kier alpha value is -1.84. The van der Waals surface area contributed by atoms with Gasteiger partial charge in [0.15, 0.2) is 11.0 Å². The Labute approximate surface area is 173 Å². The molecule has 5 rings (SSSR count). The van der Waals surface area contributed by atoms with Gasteiger partial charge in [-0.1, -0.05) is 11.6 Å². The van der Waals surface area contributed by atoms with E-state index in [1.165, 1.54) is 26.1 Å². The number of methoxy groups -OCH3 is 1. The number of halogens is 3. The van der Waals surface area contributed by atoms with Crippen LogP contribution in [0.15, 0.2) is 6.20 Å². The number of piperazine rings is 1. The predicted octanol–water partition coefficient (Wildman–Crippen LogP) is 2.43. The van der Waals surface area contributed by atoms with E-state index in [1.54, 1.807) is 0 Å². The predicted molar refractivity (Wildman–Crippen MR) is 108 cm³/mol. The molecular formula is C19H25ClF2N6O. The summed E-state index contributed by atoms with van der Waals surface area (Å²) in [5, 5.41) is 3.59. The molecule has 1 N–H and O–H groups in total. The monoisotopic (exact) mass is 426 g/mol. The van der Waals surface area contributed by atoms with Crippen LogP contribution >= 0.6 is 11.6 Å². The van der Waals surface area contributed by atoms with Gasteiger partial charge >= 0.3 is 6.01 Å². The van der Waals surface area contributed by atoms with Crippen molar-refractivity contribution >= 4 is 28.3 Å². The zero-order chi connectivity index (χ0) is 20.4. The molecule has 0 bridgehead atoms. The van der Waals surface area contributed by atoms with E-state index in [4.69, 9.17) is 16.3 Å². The number of anilines is 1. The van der Waals surface area contributed by atoms with Gasteiger partial charge in [0, 0.05) is 45.0 Å². The first-order valence-electron chi connectivity index (χ1n) is 9.96. The van der Waals surface area contributed by atoms with Crippen LogP contribution in [0, 0.1) is 5.82 Å². The number of fused-ring (bicyclic) bond motifs is 2. The molecular weight excluding hydrogens is 402 g/mol. The molecule has 3 aliphatic rings. The number of nitrogens with one attached hydrogen (secondary N) is 1. The summed E-state index contributed by atoms with van der Waals surface area (Å²) in [4.78, 5) is 16.5. The van der Waals surface area contributed by atoms with Crippen molar-refractivity contribution in [3.8, 4) is 6.01 Å². The lowest BCUT2D eigenvalue weighted by Gasteiger charge is -2.29. The fourth-order valence-corrected chi connectivity index (χ4v) is 4.37. The van der Waals surface area contributed by atoms with Gasteiger partial charge in [0.25, 0.3) is 0 Å². The first-order chi connectivity index (χ1) is 14.1. The summed E-state index contributed by atoms with van der Waals surface area (Å²) in [5.74, 6) is -0.0299. The third kappa shape index (κ3) is 4.36. The molecule has 3 saturated heterocycles. The van der Waals surface area contributed by atoms with E-state index in [9.17, 15) is 8.78 Å². The molecule has 10 heteroatoms. The highest BCUT2D eigenvalue weighted by Gasteiger charge is 2.34. The maximum absolute atomic E-state index is 14.1. The summed E-state index contributed by atoms with van der Waals surface area (Å²) in [6.07, 6.45) is 4.31. The Morgan fingerprint density at radius 3 is 2.76 bits per heavy atom. The molecule has 5 heterocycles. The van der Waals surface area contributed by atoms with Crippen LogP contribution in [-0.2, 0) is 0 Å². The lowest BCUT2D eigenvalue weighted by atomic mass is 10.1. The molecule has 0 radical (unpaired) electrons. The smallest absolute Gasteiger partial charge is 0.318 e. The van der Waals surface area contributed by atoms with Crippen LogP contribution in [0.25, 0.3) is 10.9 Å². The van der Waals surface area contributed by atoms with Crippen LogP contribution in [0.4, 0.5) is 14.6 Å². The minimum atomic E-state index is -0.652. The molecule has 158 valence electrons. The van der Waals surface area contributed by atoms with E-state index in [2.05, 4.69) is 30.1 Å². The molecule has 2 atom stereocenters. The molecule has 2 unspecified atom stereocenters. The summed E-state index contributed by atoms with van der Waals surface area (Å²) in [6, 6.07) is 0.729. The van der Waals surface area contributed by atoms with Crippen molar-refractivity contribution in [1.29, 1.82) is 0 Å². The molecule has 3 aliphatic heterocycles. The fraction of sp³-hybridized carbons (Fsp3) is 0.632. The highest BCUT2D eigenvalue weighted by molar-refractivity contribution is 6.30. The van der Waals surface area contributed by atoms with Crippen molar-refractivity contribution in [2.24, 2.45) is 0 Å². The van der Waals surface area contributed by atoms with Crippen LogP contribution in [0.1, 0.15) is 19.3 Å². The van der Waals surface area contributed by atoms with Crippen LogP contribution < -0.4 is 15.0 Å². The maximum Gasteiger partial charge on any atom is 0.318 e. The molecule has 0 aliphatic carbocycles. The number of alkyl halides is 1. The Balaban J connectivity index is 0.000000188. The zero-order valence-corrected chi connectivity index (χ0v) is 17.1. The molecule has 0 amide bonds. The van der Waals surface area contributed by atoms with E-state index >= 15 is 0 Å². The van der Waals surface area contributed by atoms with Gasteiger partial charge in [-0.3, -0.25) is 4.90 Å². The zero-order valence-electron chi connectivity index (χ0n) is 16.4. The number of rotatable bonds is 2. The minimum Gasteiger partial charge on any atom is -0.467 e. The van der Waals surface area contributed by atoms with Crippen molar-refractivity contribution in [3.05, 3.63) is 17.2 Å². The molecule has 7 nitrogen and oxygen atoms in total. The summed E-state index contributed by atoms with van der Waals surface area (Å²) < 4.78 is 31.7. The number of pyridine rings is 1. The van der Waals surface area contributed by atoms with Gasteiger partial charge in [-0.15, -0.1) is 0 Å². The number of nitrogens with zero attached hydrogens (tertiary/aromatic N) is 5. The lowest BCUT2D eigenvalue weighted by molar-refractivity contribution is 0.292. The fourth-order valence-electron chi connectivity index (χ4n) is 4.24. The van der Waals surface area contributed by atoms with Crippen molar-refractivity contribution in [2.75, 3.05) is 51.3 Å². The van der Waals surface area contributed by atoms with Crippen LogP contribution in [-0.4, -0.2) is 78.4 Å². The maximum atomic E-state index is 14.1. The van der Waals surface area contributed by atoms with Crippen molar-refractivity contribution in [3.63, 3.8) is 0 Å². The quantitative estimate of drug-likeness (QED) is 0.740.